The molecular formula is C27H29Cl2N3O5S. The third-order valence-corrected chi connectivity index (χ3v) is 8.17. The zero-order valence-electron chi connectivity index (χ0n) is 21.4. The lowest BCUT2D eigenvalue weighted by Gasteiger charge is -2.32. The van der Waals surface area contributed by atoms with Crippen molar-refractivity contribution >= 4 is 50.7 Å². The maximum atomic E-state index is 13.8. The lowest BCUT2D eigenvalue weighted by atomic mass is 10.1. The van der Waals surface area contributed by atoms with E-state index in [1.54, 1.807) is 50.4 Å². The summed E-state index contributed by atoms with van der Waals surface area (Å²) in [4.78, 5) is 27.6. The highest BCUT2D eigenvalue weighted by Crippen LogP contribution is 2.30. The maximum Gasteiger partial charge on any atom is 0.264 e. The molecule has 1 atom stereocenters. The first-order valence-corrected chi connectivity index (χ1v) is 13.9. The smallest absolute Gasteiger partial charge is 0.264 e. The Morgan fingerprint density at radius 1 is 0.974 bits per heavy atom. The number of carbonyl (C=O) groups is 2. The number of benzene rings is 3. The van der Waals surface area contributed by atoms with E-state index in [2.05, 4.69) is 5.32 Å². The third-order valence-electron chi connectivity index (χ3n) is 5.95. The van der Waals surface area contributed by atoms with E-state index >= 15 is 0 Å². The number of methoxy groups -OCH3 is 1. The van der Waals surface area contributed by atoms with Gasteiger partial charge in [-0.15, -0.1) is 0 Å². The number of sulfonamides is 1. The molecule has 0 fully saturated rings. The Labute approximate surface area is 233 Å². The monoisotopic (exact) mass is 577 g/mol. The molecule has 0 heterocycles. The van der Waals surface area contributed by atoms with Gasteiger partial charge in [-0.25, -0.2) is 8.42 Å². The Bertz CT molecular complexity index is 1380. The zero-order valence-corrected chi connectivity index (χ0v) is 23.8. The molecule has 0 aliphatic heterocycles. The zero-order chi connectivity index (χ0) is 28.0. The molecular weight excluding hydrogens is 549 g/mol. The lowest BCUT2D eigenvalue weighted by Crippen LogP contribution is -2.50. The number of nitrogens with one attached hydrogen (secondary N) is 1. The largest absolute Gasteiger partial charge is 0.497 e. The summed E-state index contributed by atoms with van der Waals surface area (Å²) in [5, 5.41) is 2.96. The van der Waals surface area contributed by atoms with Crippen LogP contribution in [0.4, 0.5) is 5.69 Å². The predicted molar refractivity (Wildman–Crippen MR) is 149 cm³/mol. The van der Waals surface area contributed by atoms with Gasteiger partial charge >= 0.3 is 0 Å². The number of nitrogens with zero attached hydrogens (tertiary/aromatic N) is 2. The van der Waals surface area contributed by atoms with Gasteiger partial charge in [-0.2, -0.15) is 0 Å². The van der Waals surface area contributed by atoms with E-state index in [0.717, 1.165) is 15.4 Å². The summed E-state index contributed by atoms with van der Waals surface area (Å²) in [6.07, 6.45) is 0. The molecule has 0 radical (unpaired) electrons. The van der Waals surface area contributed by atoms with Crippen LogP contribution in [-0.2, 0) is 26.2 Å². The van der Waals surface area contributed by atoms with Gasteiger partial charge in [0.15, 0.2) is 0 Å². The van der Waals surface area contributed by atoms with Crippen molar-refractivity contribution in [2.24, 2.45) is 0 Å². The first-order valence-electron chi connectivity index (χ1n) is 11.7. The second kappa shape index (κ2) is 12.5. The van der Waals surface area contributed by atoms with Gasteiger partial charge in [-0.05, 0) is 61.9 Å². The molecule has 0 aliphatic rings. The number of hydrogen-bond acceptors (Lipinski definition) is 5. The van der Waals surface area contributed by atoms with Crippen LogP contribution in [0.25, 0.3) is 0 Å². The molecule has 0 saturated carbocycles. The first kappa shape index (κ1) is 29.3. The van der Waals surface area contributed by atoms with E-state index in [0.29, 0.717) is 5.75 Å². The standard InChI is InChI=1S/C27H29Cl2N3O5S/c1-18-5-11-25(12-6-18)38(35,36)32(23-14-21(28)13-22(29)15-23)17-26(33)31(19(2)27(34)30-3)16-20-7-9-24(37-4)10-8-20/h5-15,19H,16-17H2,1-4H3,(H,30,34)/t19-/m1/s1. The molecule has 0 saturated heterocycles. The number of carbonyl (C=O) groups excluding carboxylic acids is 2. The van der Waals surface area contributed by atoms with Crippen LogP contribution in [0.5, 0.6) is 5.75 Å². The number of anilines is 1. The highest BCUT2D eigenvalue weighted by Gasteiger charge is 2.32. The molecule has 3 rings (SSSR count). The number of rotatable bonds is 10. The van der Waals surface area contributed by atoms with Crippen molar-refractivity contribution in [2.75, 3.05) is 25.0 Å². The van der Waals surface area contributed by atoms with Crippen LogP contribution in [0.3, 0.4) is 0 Å². The Hall–Kier alpha value is -3.27. The minimum Gasteiger partial charge on any atom is -0.497 e. The van der Waals surface area contributed by atoms with Crippen molar-refractivity contribution in [3.05, 3.63) is 87.9 Å². The maximum absolute atomic E-state index is 13.8. The van der Waals surface area contributed by atoms with E-state index < -0.39 is 34.4 Å². The minimum absolute atomic E-state index is 0.00643. The number of amides is 2. The second-order valence-electron chi connectivity index (χ2n) is 8.61. The van der Waals surface area contributed by atoms with Gasteiger partial charge in [0.05, 0.1) is 17.7 Å². The van der Waals surface area contributed by atoms with E-state index in [-0.39, 0.29) is 27.2 Å². The van der Waals surface area contributed by atoms with Crippen molar-refractivity contribution in [3.8, 4) is 5.75 Å². The summed E-state index contributed by atoms with van der Waals surface area (Å²) in [5.74, 6) is -0.353. The van der Waals surface area contributed by atoms with E-state index in [1.807, 2.05) is 6.92 Å². The van der Waals surface area contributed by atoms with Crippen LogP contribution in [-0.4, -0.2) is 51.9 Å². The first-order chi connectivity index (χ1) is 18.0. The number of ether oxygens (including phenoxy) is 1. The summed E-state index contributed by atoms with van der Waals surface area (Å²) < 4.78 is 33.7. The molecule has 0 aromatic heterocycles. The highest BCUT2D eigenvalue weighted by molar-refractivity contribution is 7.92. The third kappa shape index (κ3) is 6.98. The van der Waals surface area contributed by atoms with Crippen LogP contribution >= 0.6 is 23.2 Å². The average molecular weight is 579 g/mol. The van der Waals surface area contributed by atoms with Crippen molar-refractivity contribution < 1.29 is 22.7 Å². The Kier molecular flexibility index (Phi) is 9.65. The fourth-order valence-electron chi connectivity index (χ4n) is 3.77. The SMILES string of the molecule is CNC(=O)[C@@H](C)N(Cc1ccc(OC)cc1)C(=O)CN(c1cc(Cl)cc(Cl)c1)S(=O)(=O)c1ccc(C)cc1. The van der Waals surface area contributed by atoms with Gasteiger partial charge in [0.2, 0.25) is 11.8 Å². The fourth-order valence-corrected chi connectivity index (χ4v) is 5.68. The molecule has 1 N–H and O–H groups in total. The summed E-state index contributed by atoms with van der Waals surface area (Å²) in [5.41, 5.74) is 1.73. The normalized spacial score (nSPS) is 11.9. The molecule has 3 aromatic rings. The Morgan fingerprint density at radius 2 is 1.55 bits per heavy atom. The summed E-state index contributed by atoms with van der Waals surface area (Å²) >= 11 is 12.4. The van der Waals surface area contributed by atoms with Gasteiger partial charge in [0.25, 0.3) is 10.0 Å². The molecule has 0 spiro atoms. The van der Waals surface area contributed by atoms with Crippen LogP contribution in [0.15, 0.2) is 71.6 Å². The fraction of sp³-hybridized carbons (Fsp3) is 0.259. The minimum atomic E-state index is -4.21. The van der Waals surface area contributed by atoms with Gasteiger partial charge in [-0.1, -0.05) is 53.0 Å². The summed E-state index contributed by atoms with van der Waals surface area (Å²) in [6, 6.07) is 16.7. The van der Waals surface area contributed by atoms with Crippen LogP contribution < -0.4 is 14.4 Å². The van der Waals surface area contributed by atoms with E-state index in [4.69, 9.17) is 27.9 Å². The summed E-state index contributed by atoms with van der Waals surface area (Å²) in [7, 11) is -1.20. The molecule has 11 heteroatoms. The van der Waals surface area contributed by atoms with Crippen molar-refractivity contribution in [1.29, 1.82) is 0 Å². The molecule has 2 amide bonds. The number of likely N-dealkylation sites (N-methyl/N-ethyl adjacent to an activating group) is 1. The lowest BCUT2D eigenvalue weighted by molar-refractivity contribution is -0.139. The molecule has 0 aliphatic carbocycles. The Balaban J connectivity index is 2.05. The van der Waals surface area contributed by atoms with E-state index in [1.165, 1.54) is 42.3 Å². The molecule has 0 unspecified atom stereocenters. The van der Waals surface area contributed by atoms with Gasteiger partial charge in [0, 0.05) is 23.6 Å². The van der Waals surface area contributed by atoms with Crippen molar-refractivity contribution in [1.82, 2.24) is 10.2 Å². The molecule has 38 heavy (non-hydrogen) atoms. The van der Waals surface area contributed by atoms with Gasteiger partial charge in [0.1, 0.15) is 18.3 Å². The van der Waals surface area contributed by atoms with Crippen LogP contribution in [0, 0.1) is 6.92 Å². The number of aryl methyl sites for hydroxylation is 1. The molecule has 8 nitrogen and oxygen atoms in total. The van der Waals surface area contributed by atoms with Crippen molar-refractivity contribution in [2.45, 2.75) is 31.3 Å². The van der Waals surface area contributed by atoms with Crippen LogP contribution in [0.1, 0.15) is 18.1 Å². The van der Waals surface area contributed by atoms with Crippen LogP contribution in [0.2, 0.25) is 10.0 Å². The van der Waals surface area contributed by atoms with E-state index in [9.17, 15) is 18.0 Å². The quantitative estimate of drug-likeness (QED) is 0.378. The van der Waals surface area contributed by atoms with Gasteiger partial charge < -0.3 is 15.0 Å². The topological polar surface area (TPSA) is 96.0 Å². The molecule has 0 bridgehead atoms. The number of hydrogen-bond donors (Lipinski definition) is 1. The highest BCUT2D eigenvalue weighted by atomic mass is 35.5. The molecule has 3 aromatic carbocycles. The average Bonchev–Trinajstić information content (AvgIpc) is 2.89. The predicted octanol–water partition coefficient (Wildman–Crippen LogP) is 4.67. The van der Waals surface area contributed by atoms with Crippen molar-refractivity contribution in [3.63, 3.8) is 0 Å². The molecule has 202 valence electrons. The summed E-state index contributed by atoms with van der Waals surface area (Å²) in [6.45, 7) is 2.89. The Morgan fingerprint density at radius 3 is 2.08 bits per heavy atom. The number of halogens is 2. The van der Waals surface area contributed by atoms with Gasteiger partial charge in [-0.3, -0.25) is 13.9 Å². The second-order valence-corrected chi connectivity index (χ2v) is 11.3.